The second kappa shape index (κ2) is 7.73. The van der Waals surface area contributed by atoms with Crippen LogP contribution in [0.4, 0.5) is 4.79 Å². The zero-order chi connectivity index (χ0) is 15.2. The van der Waals surface area contributed by atoms with E-state index >= 15 is 0 Å². The summed E-state index contributed by atoms with van der Waals surface area (Å²) in [7, 11) is 1.57. The third kappa shape index (κ3) is 5.58. The summed E-state index contributed by atoms with van der Waals surface area (Å²) in [6.45, 7) is 5.96. The monoisotopic (exact) mass is 304 g/mol. The van der Waals surface area contributed by atoms with Crippen molar-refractivity contribution in [2.24, 2.45) is 0 Å². The third-order valence-corrected chi connectivity index (χ3v) is 4.45. The van der Waals surface area contributed by atoms with Gasteiger partial charge in [0.15, 0.2) is 0 Å². The van der Waals surface area contributed by atoms with Crippen LogP contribution >= 0.6 is 11.8 Å². The van der Waals surface area contributed by atoms with Crippen LogP contribution in [0.25, 0.3) is 0 Å². The molecule has 1 aliphatic rings. The fourth-order valence-corrected chi connectivity index (χ4v) is 3.23. The summed E-state index contributed by atoms with van der Waals surface area (Å²) >= 11 is 1.83. The lowest BCUT2D eigenvalue weighted by Crippen LogP contribution is -2.53. The van der Waals surface area contributed by atoms with Gasteiger partial charge < -0.3 is 20.1 Å². The molecule has 1 heterocycles. The molecule has 0 aromatic carbocycles. The van der Waals surface area contributed by atoms with Crippen molar-refractivity contribution in [3.63, 3.8) is 0 Å². The molecule has 1 unspecified atom stereocenters. The van der Waals surface area contributed by atoms with Gasteiger partial charge in [-0.05, 0) is 26.7 Å². The Hall–Kier alpha value is -0.950. The predicted molar refractivity (Wildman–Crippen MR) is 79.2 cm³/mol. The Bertz CT molecular complexity index is 349. The van der Waals surface area contributed by atoms with Crippen LogP contribution in [0.1, 0.15) is 26.7 Å². The Kier molecular flexibility index (Phi) is 6.61. The highest BCUT2D eigenvalue weighted by Gasteiger charge is 2.31. The molecule has 7 heteroatoms. The van der Waals surface area contributed by atoms with Gasteiger partial charge in [-0.2, -0.15) is 11.8 Å². The van der Waals surface area contributed by atoms with Crippen molar-refractivity contribution in [1.82, 2.24) is 10.2 Å². The van der Waals surface area contributed by atoms with Crippen LogP contribution in [0, 0.1) is 0 Å². The second-order valence-corrected chi connectivity index (χ2v) is 7.31. The molecular weight excluding hydrogens is 280 g/mol. The van der Waals surface area contributed by atoms with Crippen LogP contribution in [0.5, 0.6) is 0 Å². The Morgan fingerprint density at radius 2 is 2.20 bits per heavy atom. The van der Waals surface area contributed by atoms with Gasteiger partial charge in [0.1, 0.15) is 6.04 Å². The number of nitrogens with one attached hydrogen (secondary N) is 1. The van der Waals surface area contributed by atoms with Crippen molar-refractivity contribution in [2.75, 3.05) is 32.6 Å². The Morgan fingerprint density at radius 3 is 2.75 bits per heavy atom. The smallest absolute Gasteiger partial charge is 0.326 e. The zero-order valence-electron chi connectivity index (χ0n) is 12.3. The van der Waals surface area contributed by atoms with E-state index in [4.69, 9.17) is 9.84 Å². The number of carboxylic acid groups (broad SMARTS) is 1. The van der Waals surface area contributed by atoms with E-state index in [9.17, 15) is 9.59 Å². The quantitative estimate of drug-likeness (QED) is 0.725. The van der Waals surface area contributed by atoms with Gasteiger partial charge >= 0.3 is 12.0 Å². The Labute approximate surface area is 124 Å². The molecule has 0 radical (unpaired) electrons. The van der Waals surface area contributed by atoms with Crippen LogP contribution in [0.2, 0.25) is 0 Å². The third-order valence-electron chi connectivity index (χ3n) is 3.15. The number of ether oxygens (including phenoxy) is 1. The number of urea groups is 1. The fraction of sp³-hybridized carbons (Fsp3) is 0.846. The summed E-state index contributed by atoms with van der Waals surface area (Å²) < 4.78 is 4.92. The minimum absolute atomic E-state index is 0.0182. The Balaban J connectivity index is 2.50. The molecule has 0 aromatic heterocycles. The number of aliphatic carboxylic acids is 1. The highest BCUT2D eigenvalue weighted by Crippen LogP contribution is 2.29. The molecule has 1 saturated heterocycles. The van der Waals surface area contributed by atoms with E-state index in [-0.39, 0.29) is 10.8 Å². The lowest BCUT2D eigenvalue weighted by atomic mass is 10.1. The van der Waals surface area contributed by atoms with Gasteiger partial charge in [0, 0.05) is 37.3 Å². The van der Waals surface area contributed by atoms with E-state index in [2.05, 4.69) is 19.2 Å². The van der Waals surface area contributed by atoms with Crippen LogP contribution in [-0.2, 0) is 9.53 Å². The largest absolute Gasteiger partial charge is 0.480 e. The van der Waals surface area contributed by atoms with Crippen molar-refractivity contribution in [3.8, 4) is 0 Å². The van der Waals surface area contributed by atoms with Gasteiger partial charge in [-0.1, -0.05) is 0 Å². The number of amides is 2. The topological polar surface area (TPSA) is 78.9 Å². The normalized spacial score (nSPS) is 19.4. The van der Waals surface area contributed by atoms with Crippen LogP contribution in [-0.4, -0.2) is 65.4 Å². The number of carboxylic acids is 1. The standard InChI is InChI=1S/C13H24N2O4S/c1-13(2)9-15(6-8-20-13)12(18)14-10(11(16)17)5-4-7-19-3/h10H,4-9H2,1-3H3,(H,14,18)(H,16,17). The summed E-state index contributed by atoms with van der Waals surface area (Å²) in [5.41, 5.74) is 0. The minimum Gasteiger partial charge on any atom is -0.480 e. The number of thioether (sulfide) groups is 1. The minimum atomic E-state index is -1.000. The maximum Gasteiger partial charge on any atom is 0.326 e. The zero-order valence-corrected chi connectivity index (χ0v) is 13.2. The maximum atomic E-state index is 12.1. The number of rotatable bonds is 6. The lowest BCUT2D eigenvalue weighted by Gasteiger charge is -2.37. The van der Waals surface area contributed by atoms with Crippen LogP contribution in [0.3, 0.4) is 0 Å². The van der Waals surface area contributed by atoms with Crippen molar-refractivity contribution < 1.29 is 19.4 Å². The average Bonchev–Trinajstić information content (AvgIpc) is 2.36. The second-order valence-electron chi connectivity index (χ2n) is 5.51. The average molecular weight is 304 g/mol. The van der Waals surface area contributed by atoms with Crippen LogP contribution in [0.15, 0.2) is 0 Å². The maximum absolute atomic E-state index is 12.1. The molecular formula is C13H24N2O4S. The summed E-state index contributed by atoms with van der Waals surface area (Å²) in [6, 6.07) is -1.14. The SMILES string of the molecule is COCCCC(NC(=O)N1CCSC(C)(C)C1)C(=O)O. The molecule has 0 saturated carbocycles. The molecule has 1 fully saturated rings. The van der Waals surface area contributed by atoms with Gasteiger partial charge in [-0.15, -0.1) is 0 Å². The van der Waals surface area contributed by atoms with Crippen molar-refractivity contribution in [1.29, 1.82) is 0 Å². The number of nitrogens with zero attached hydrogens (tertiary/aromatic N) is 1. The highest BCUT2D eigenvalue weighted by molar-refractivity contribution is 8.00. The molecule has 0 aromatic rings. The van der Waals surface area contributed by atoms with E-state index in [1.54, 1.807) is 12.0 Å². The first-order valence-electron chi connectivity index (χ1n) is 6.77. The summed E-state index contributed by atoms with van der Waals surface area (Å²) in [4.78, 5) is 25.0. The molecule has 2 N–H and O–H groups in total. The highest BCUT2D eigenvalue weighted by atomic mass is 32.2. The molecule has 0 bridgehead atoms. The first-order valence-corrected chi connectivity index (χ1v) is 7.75. The van der Waals surface area contributed by atoms with Gasteiger partial charge in [-0.25, -0.2) is 9.59 Å². The van der Waals surface area contributed by atoms with E-state index in [0.29, 0.717) is 32.5 Å². The predicted octanol–water partition coefficient (Wildman–Crippen LogP) is 1.40. The Morgan fingerprint density at radius 1 is 1.50 bits per heavy atom. The van der Waals surface area contributed by atoms with Gasteiger partial charge in [0.05, 0.1) is 0 Å². The van der Waals surface area contributed by atoms with E-state index < -0.39 is 12.0 Å². The molecule has 6 nitrogen and oxygen atoms in total. The van der Waals surface area contributed by atoms with Gasteiger partial charge in [0.2, 0.25) is 0 Å². The molecule has 116 valence electrons. The molecule has 1 rings (SSSR count). The number of hydrogen-bond donors (Lipinski definition) is 2. The van der Waals surface area contributed by atoms with Crippen molar-refractivity contribution in [3.05, 3.63) is 0 Å². The molecule has 0 aliphatic carbocycles. The summed E-state index contributed by atoms with van der Waals surface area (Å²) in [5, 5.41) is 11.7. The molecule has 1 aliphatic heterocycles. The number of carbonyl (C=O) groups excluding carboxylic acids is 1. The van der Waals surface area contributed by atoms with Crippen molar-refractivity contribution >= 4 is 23.8 Å². The summed E-state index contributed by atoms with van der Waals surface area (Å²) in [5.74, 6) is -0.123. The lowest BCUT2D eigenvalue weighted by molar-refractivity contribution is -0.139. The number of hydrogen-bond acceptors (Lipinski definition) is 4. The van der Waals surface area contributed by atoms with Crippen molar-refractivity contribution in [2.45, 2.75) is 37.5 Å². The molecule has 0 spiro atoms. The van der Waals surface area contributed by atoms with E-state index in [1.165, 1.54) is 0 Å². The molecule has 20 heavy (non-hydrogen) atoms. The first kappa shape index (κ1) is 17.1. The van der Waals surface area contributed by atoms with Gasteiger partial charge in [-0.3, -0.25) is 0 Å². The fourth-order valence-electron chi connectivity index (χ4n) is 2.12. The number of methoxy groups -OCH3 is 1. The molecule has 2 amide bonds. The van der Waals surface area contributed by atoms with E-state index in [1.807, 2.05) is 11.8 Å². The number of carbonyl (C=O) groups is 2. The van der Waals surface area contributed by atoms with E-state index in [0.717, 1.165) is 5.75 Å². The molecule has 1 atom stereocenters. The van der Waals surface area contributed by atoms with Crippen LogP contribution < -0.4 is 5.32 Å². The first-order chi connectivity index (χ1) is 9.35. The van der Waals surface area contributed by atoms with Gasteiger partial charge in [0.25, 0.3) is 0 Å². The summed E-state index contributed by atoms with van der Waals surface area (Å²) in [6.07, 6.45) is 0.982.